The van der Waals surface area contributed by atoms with Crippen molar-refractivity contribution in [3.05, 3.63) is 24.3 Å². The molecule has 120 valence electrons. The fourth-order valence-electron chi connectivity index (χ4n) is 3.25. The number of nitrogens with one attached hydrogen (secondary N) is 1. The summed E-state index contributed by atoms with van der Waals surface area (Å²) in [6.45, 7) is 1.38. The third kappa shape index (κ3) is 4.01. The van der Waals surface area contributed by atoms with Crippen LogP contribution in [0.1, 0.15) is 44.9 Å². The number of amides is 1. The van der Waals surface area contributed by atoms with Gasteiger partial charge in [-0.3, -0.25) is 4.79 Å². The summed E-state index contributed by atoms with van der Waals surface area (Å²) in [4.78, 5) is 12.4. The van der Waals surface area contributed by atoms with E-state index in [-0.39, 0.29) is 17.9 Å². The lowest BCUT2D eigenvalue weighted by Gasteiger charge is -2.21. The van der Waals surface area contributed by atoms with Crippen LogP contribution in [0.15, 0.2) is 24.3 Å². The van der Waals surface area contributed by atoms with Gasteiger partial charge in [-0.2, -0.15) is 0 Å². The zero-order chi connectivity index (χ0) is 15.2. The quantitative estimate of drug-likeness (QED) is 0.901. The largest absolute Gasteiger partial charge is 0.489 e. The van der Waals surface area contributed by atoms with Gasteiger partial charge in [0.2, 0.25) is 5.91 Å². The first-order chi connectivity index (χ1) is 10.8. The Morgan fingerprint density at radius 3 is 2.73 bits per heavy atom. The Morgan fingerprint density at radius 1 is 1.14 bits per heavy atom. The lowest BCUT2D eigenvalue weighted by atomic mass is 9.88. The van der Waals surface area contributed by atoms with Gasteiger partial charge in [-0.15, -0.1) is 0 Å². The van der Waals surface area contributed by atoms with Gasteiger partial charge in [0.15, 0.2) is 0 Å². The third-order valence-electron chi connectivity index (χ3n) is 4.57. The highest BCUT2D eigenvalue weighted by atomic mass is 16.5. The predicted molar refractivity (Wildman–Crippen MR) is 86.1 cm³/mol. The third-order valence-corrected chi connectivity index (χ3v) is 4.57. The number of carbonyl (C=O) groups is 1. The summed E-state index contributed by atoms with van der Waals surface area (Å²) < 4.78 is 11.4. The number of benzene rings is 1. The number of anilines is 1. The van der Waals surface area contributed by atoms with Crippen molar-refractivity contribution >= 4 is 11.6 Å². The molecule has 0 aromatic heterocycles. The standard InChI is InChI=1S/C18H25NO3/c20-18(14-7-2-1-3-8-14)19-16-10-4-5-11-17(16)22-13-15-9-6-12-21-15/h4-5,10-11,14-15H,1-3,6-9,12-13H2,(H,19,20). The molecule has 1 saturated heterocycles. The van der Waals surface area contributed by atoms with E-state index in [0.717, 1.165) is 56.6 Å². The lowest BCUT2D eigenvalue weighted by molar-refractivity contribution is -0.120. The van der Waals surface area contributed by atoms with Gasteiger partial charge < -0.3 is 14.8 Å². The second-order valence-electron chi connectivity index (χ2n) is 6.27. The maximum atomic E-state index is 12.4. The van der Waals surface area contributed by atoms with Gasteiger partial charge in [0.25, 0.3) is 0 Å². The second kappa shape index (κ2) is 7.63. The molecule has 2 aliphatic rings. The molecule has 1 aromatic carbocycles. The minimum absolute atomic E-state index is 0.132. The van der Waals surface area contributed by atoms with Crippen molar-refractivity contribution in [1.82, 2.24) is 0 Å². The number of para-hydroxylation sites is 2. The van der Waals surface area contributed by atoms with Crippen molar-refractivity contribution in [2.75, 3.05) is 18.5 Å². The van der Waals surface area contributed by atoms with Gasteiger partial charge in [-0.1, -0.05) is 31.4 Å². The fraction of sp³-hybridized carbons (Fsp3) is 0.611. The van der Waals surface area contributed by atoms with E-state index in [0.29, 0.717) is 6.61 Å². The van der Waals surface area contributed by atoms with Crippen LogP contribution >= 0.6 is 0 Å². The van der Waals surface area contributed by atoms with Gasteiger partial charge in [0.05, 0.1) is 11.8 Å². The Bertz CT molecular complexity index is 491. The molecule has 2 fully saturated rings. The van der Waals surface area contributed by atoms with E-state index in [4.69, 9.17) is 9.47 Å². The molecule has 4 nitrogen and oxygen atoms in total. The summed E-state index contributed by atoms with van der Waals surface area (Å²) in [6.07, 6.45) is 7.93. The Balaban J connectivity index is 1.58. The highest BCUT2D eigenvalue weighted by Crippen LogP contribution is 2.28. The molecule has 1 saturated carbocycles. The molecule has 1 aliphatic heterocycles. The summed E-state index contributed by atoms with van der Waals surface area (Å²) in [6, 6.07) is 7.67. The van der Waals surface area contributed by atoms with Crippen molar-refractivity contribution in [3.8, 4) is 5.75 Å². The number of carbonyl (C=O) groups excluding carboxylic acids is 1. The molecule has 22 heavy (non-hydrogen) atoms. The first-order valence-corrected chi connectivity index (χ1v) is 8.47. The van der Waals surface area contributed by atoms with E-state index >= 15 is 0 Å². The van der Waals surface area contributed by atoms with E-state index in [1.54, 1.807) is 0 Å². The molecule has 1 aromatic rings. The molecule has 1 amide bonds. The van der Waals surface area contributed by atoms with Crippen LogP contribution in [-0.2, 0) is 9.53 Å². The van der Waals surface area contributed by atoms with Gasteiger partial charge in [-0.05, 0) is 37.8 Å². The molecule has 1 aliphatic carbocycles. The van der Waals surface area contributed by atoms with Crippen molar-refractivity contribution in [2.45, 2.75) is 51.0 Å². The zero-order valence-electron chi connectivity index (χ0n) is 13.1. The van der Waals surface area contributed by atoms with Crippen molar-refractivity contribution in [2.24, 2.45) is 5.92 Å². The van der Waals surface area contributed by atoms with Crippen LogP contribution in [0.5, 0.6) is 5.75 Å². The minimum atomic E-state index is 0.132. The molecule has 4 heteroatoms. The molecule has 1 N–H and O–H groups in total. The van der Waals surface area contributed by atoms with E-state index in [1.807, 2.05) is 24.3 Å². The minimum Gasteiger partial charge on any atom is -0.489 e. The van der Waals surface area contributed by atoms with E-state index in [2.05, 4.69) is 5.32 Å². The maximum Gasteiger partial charge on any atom is 0.227 e. The lowest BCUT2D eigenvalue weighted by Crippen LogP contribution is -2.25. The Kier molecular flexibility index (Phi) is 5.33. The second-order valence-corrected chi connectivity index (χ2v) is 6.27. The van der Waals surface area contributed by atoms with Gasteiger partial charge in [0, 0.05) is 12.5 Å². The fourth-order valence-corrected chi connectivity index (χ4v) is 3.25. The Labute approximate surface area is 132 Å². The van der Waals surface area contributed by atoms with Crippen molar-refractivity contribution in [3.63, 3.8) is 0 Å². The van der Waals surface area contributed by atoms with E-state index < -0.39 is 0 Å². The highest BCUT2D eigenvalue weighted by molar-refractivity contribution is 5.93. The average molecular weight is 303 g/mol. The van der Waals surface area contributed by atoms with Crippen LogP contribution in [0.4, 0.5) is 5.69 Å². The zero-order valence-corrected chi connectivity index (χ0v) is 13.1. The summed E-state index contributed by atoms with van der Waals surface area (Å²) in [7, 11) is 0. The van der Waals surface area contributed by atoms with Crippen LogP contribution in [0.2, 0.25) is 0 Å². The molecule has 0 spiro atoms. The normalized spacial score (nSPS) is 22.5. The Morgan fingerprint density at radius 2 is 1.95 bits per heavy atom. The summed E-state index contributed by atoms with van der Waals surface area (Å²) in [5, 5.41) is 3.05. The number of hydrogen-bond acceptors (Lipinski definition) is 3. The van der Waals surface area contributed by atoms with Crippen LogP contribution in [0.25, 0.3) is 0 Å². The summed E-state index contributed by atoms with van der Waals surface area (Å²) in [5.41, 5.74) is 0.774. The molecule has 1 atom stereocenters. The molecule has 0 radical (unpaired) electrons. The SMILES string of the molecule is O=C(Nc1ccccc1OCC1CCCO1)C1CCCCC1. The van der Waals surface area contributed by atoms with E-state index in [9.17, 15) is 4.79 Å². The molecule has 3 rings (SSSR count). The molecule has 1 unspecified atom stereocenters. The number of ether oxygens (including phenoxy) is 2. The molecule has 0 bridgehead atoms. The smallest absolute Gasteiger partial charge is 0.227 e. The molecular formula is C18H25NO3. The first-order valence-electron chi connectivity index (χ1n) is 8.47. The van der Waals surface area contributed by atoms with Crippen LogP contribution < -0.4 is 10.1 Å². The summed E-state index contributed by atoms with van der Waals surface area (Å²) >= 11 is 0. The topological polar surface area (TPSA) is 47.6 Å². The number of rotatable bonds is 5. The monoisotopic (exact) mass is 303 g/mol. The summed E-state index contributed by atoms with van der Waals surface area (Å²) in [5.74, 6) is 1.02. The van der Waals surface area contributed by atoms with Gasteiger partial charge >= 0.3 is 0 Å². The maximum absolute atomic E-state index is 12.4. The van der Waals surface area contributed by atoms with E-state index in [1.165, 1.54) is 6.42 Å². The van der Waals surface area contributed by atoms with Gasteiger partial charge in [0.1, 0.15) is 12.4 Å². The number of hydrogen-bond donors (Lipinski definition) is 1. The first kappa shape index (κ1) is 15.3. The van der Waals surface area contributed by atoms with Crippen molar-refractivity contribution in [1.29, 1.82) is 0 Å². The predicted octanol–water partition coefficient (Wildman–Crippen LogP) is 3.76. The van der Waals surface area contributed by atoms with Crippen LogP contribution in [0, 0.1) is 5.92 Å². The van der Waals surface area contributed by atoms with Crippen molar-refractivity contribution < 1.29 is 14.3 Å². The Hall–Kier alpha value is -1.55. The molecular weight excluding hydrogens is 278 g/mol. The van der Waals surface area contributed by atoms with Crippen LogP contribution in [-0.4, -0.2) is 25.2 Å². The van der Waals surface area contributed by atoms with Gasteiger partial charge in [-0.25, -0.2) is 0 Å². The highest BCUT2D eigenvalue weighted by Gasteiger charge is 2.22. The average Bonchev–Trinajstić information content (AvgIpc) is 3.08. The molecule has 1 heterocycles. The van der Waals surface area contributed by atoms with Crippen LogP contribution in [0.3, 0.4) is 0 Å².